The van der Waals surface area contributed by atoms with Gasteiger partial charge in [0.1, 0.15) is 0 Å². The van der Waals surface area contributed by atoms with E-state index in [9.17, 15) is 0 Å². The summed E-state index contributed by atoms with van der Waals surface area (Å²) in [4.78, 5) is 0. The molecule has 0 aliphatic carbocycles. The third-order valence-corrected chi connectivity index (χ3v) is 5.80. The average molecular weight is 264 g/mol. The lowest BCUT2D eigenvalue weighted by Crippen LogP contribution is -2.09. The molecule has 0 heterocycles. The van der Waals surface area contributed by atoms with Crippen LogP contribution in [0, 0.1) is 0 Å². The van der Waals surface area contributed by atoms with Crippen LogP contribution >= 0.6 is 7.92 Å². The molecule has 1 rings (SSSR count). The zero-order valence-corrected chi connectivity index (χ0v) is 13.3. The van der Waals surface area contributed by atoms with Crippen LogP contribution < -0.4 is 5.30 Å². The van der Waals surface area contributed by atoms with E-state index in [0.29, 0.717) is 0 Å². The van der Waals surface area contributed by atoms with Crippen LogP contribution in [0.15, 0.2) is 24.3 Å². The first-order chi connectivity index (χ1) is 8.79. The minimum Gasteiger partial charge on any atom is -0.0782 e. The number of rotatable bonds is 9. The highest BCUT2D eigenvalue weighted by molar-refractivity contribution is 7.64. The number of hydrogen-bond acceptors (Lipinski definition) is 0. The van der Waals surface area contributed by atoms with Crippen molar-refractivity contribution in [1.82, 2.24) is 0 Å². The molecule has 0 saturated heterocycles. The van der Waals surface area contributed by atoms with Gasteiger partial charge in [-0.05, 0) is 43.0 Å². The molecule has 1 atom stereocenters. The third-order valence-electron chi connectivity index (χ3n) is 3.55. The summed E-state index contributed by atoms with van der Waals surface area (Å²) in [5.41, 5.74) is 1.61. The van der Waals surface area contributed by atoms with Crippen LogP contribution in [0.4, 0.5) is 0 Å². The molecule has 1 aromatic rings. The van der Waals surface area contributed by atoms with Gasteiger partial charge in [0.2, 0.25) is 0 Å². The molecule has 0 saturated carbocycles. The Hall–Kier alpha value is -0.350. The molecule has 18 heavy (non-hydrogen) atoms. The van der Waals surface area contributed by atoms with Gasteiger partial charge in [-0.2, -0.15) is 0 Å². The Morgan fingerprint density at radius 2 is 1.61 bits per heavy atom. The minimum atomic E-state index is 0.0704. The quantitative estimate of drug-likeness (QED) is 0.417. The molecule has 0 fully saturated rings. The summed E-state index contributed by atoms with van der Waals surface area (Å²) >= 11 is 0. The van der Waals surface area contributed by atoms with Gasteiger partial charge < -0.3 is 0 Å². The van der Waals surface area contributed by atoms with Crippen molar-refractivity contribution in [3.63, 3.8) is 0 Å². The van der Waals surface area contributed by atoms with Crippen molar-refractivity contribution in [3.05, 3.63) is 29.8 Å². The first-order valence-electron chi connectivity index (χ1n) is 7.58. The lowest BCUT2D eigenvalue weighted by atomic mass is 10.1. The van der Waals surface area contributed by atoms with Crippen LogP contribution in [-0.4, -0.2) is 12.8 Å². The van der Waals surface area contributed by atoms with Gasteiger partial charge in [0.25, 0.3) is 0 Å². The minimum absolute atomic E-state index is 0.0704. The number of unbranched alkanes of at least 4 members (excludes halogenated alkanes) is 4. The van der Waals surface area contributed by atoms with Crippen LogP contribution in [0.3, 0.4) is 0 Å². The lowest BCUT2D eigenvalue weighted by molar-refractivity contribution is 0.705. The molecule has 0 N–H and O–H groups in total. The molecule has 1 aromatic carbocycles. The van der Waals surface area contributed by atoms with Crippen molar-refractivity contribution < 1.29 is 0 Å². The van der Waals surface area contributed by atoms with E-state index in [4.69, 9.17) is 0 Å². The molecule has 0 bridgehead atoms. The van der Waals surface area contributed by atoms with E-state index in [1.807, 2.05) is 0 Å². The standard InChI is InChI=1S/C17H29P/c1-4-6-8-11-15-18(3)17-14-10-9-13-16(17)12-7-5-2/h9-10,13-14H,4-8,11-12,15H2,1-3H3. The smallest absolute Gasteiger partial charge is 0.0211 e. The van der Waals surface area contributed by atoms with E-state index in [2.05, 4.69) is 44.8 Å². The monoisotopic (exact) mass is 264 g/mol. The van der Waals surface area contributed by atoms with Crippen molar-refractivity contribution in [3.8, 4) is 0 Å². The predicted molar refractivity (Wildman–Crippen MR) is 86.5 cm³/mol. The SMILES string of the molecule is CCCCCCP(C)c1ccccc1CCCC. The first kappa shape index (κ1) is 15.7. The molecule has 0 aromatic heterocycles. The highest BCUT2D eigenvalue weighted by Gasteiger charge is 2.08. The van der Waals surface area contributed by atoms with Gasteiger partial charge in [0.15, 0.2) is 0 Å². The van der Waals surface area contributed by atoms with Gasteiger partial charge in [0, 0.05) is 0 Å². The fraction of sp³-hybridized carbons (Fsp3) is 0.647. The first-order valence-corrected chi connectivity index (χ1v) is 9.56. The fourth-order valence-electron chi connectivity index (χ4n) is 2.36. The van der Waals surface area contributed by atoms with E-state index in [1.54, 1.807) is 10.9 Å². The number of benzene rings is 1. The van der Waals surface area contributed by atoms with Crippen LogP contribution in [0.1, 0.15) is 57.9 Å². The summed E-state index contributed by atoms with van der Waals surface area (Å²) in [6.45, 7) is 7.03. The molecule has 0 aliphatic rings. The van der Waals surface area contributed by atoms with Crippen molar-refractivity contribution in [1.29, 1.82) is 0 Å². The largest absolute Gasteiger partial charge is 0.0782 e. The van der Waals surface area contributed by atoms with Crippen LogP contribution in [-0.2, 0) is 6.42 Å². The van der Waals surface area contributed by atoms with Crippen molar-refractivity contribution >= 4 is 13.2 Å². The van der Waals surface area contributed by atoms with Crippen LogP contribution in [0.5, 0.6) is 0 Å². The van der Waals surface area contributed by atoms with Crippen molar-refractivity contribution in [2.24, 2.45) is 0 Å². The molecule has 102 valence electrons. The highest BCUT2D eigenvalue weighted by atomic mass is 31.1. The Labute approximate surface area is 115 Å². The van der Waals surface area contributed by atoms with E-state index >= 15 is 0 Å². The number of aryl methyl sites for hydroxylation is 1. The topological polar surface area (TPSA) is 0 Å². The summed E-state index contributed by atoms with van der Waals surface area (Å²) in [6.07, 6.45) is 10.9. The maximum absolute atomic E-state index is 2.46. The van der Waals surface area contributed by atoms with Gasteiger partial charge in [-0.1, -0.05) is 71.7 Å². The fourth-order valence-corrected chi connectivity index (χ4v) is 4.31. The van der Waals surface area contributed by atoms with Gasteiger partial charge in [-0.25, -0.2) is 0 Å². The Balaban J connectivity index is 2.52. The molecular weight excluding hydrogens is 235 g/mol. The average Bonchev–Trinajstić information content (AvgIpc) is 2.41. The molecule has 1 unspecified atom stereocenters. The van der Waals surface area contributed by atoms with E-state index < -0.39 is 0 Å². The van der Waals surface area contributed by atoms with E-state index in [1.165, 1.54) is 51.1 Å². The third kappa shape index (κ3) is 5.53. The molecule has 1 heteroatoms. The van der Waals surface area contributed by atoms with Gasteiger partial charge >= 0.3 is 0 Å². The Bertz CT molecular complexity index is 319. The lowest BCUT2D eigenvalue weighted by Gasteiger charge is -2.17. The summed E-state index contributed by atoms with van der Waals surface area (Å²) in [6, 6.07) is 9.14. The van der Waals surface area contributed by atoms with Gasteiger partial charge in [-0.15, -0.1) is 0 Å². The molecule has 0 radical (unpaired) electrons. The Morgan fingerprint density at radius 1 is 0.889 bits per heavy atom. The second-order valence-electron chi connectivity index (χ2n) is 5.21. The zero-order chi connectivity index (χ0) is 13.2. The second kappa shape index (κ2) is 9.56. The molecule has 0 spiro atoms. The molecule has 0 amide bonds. The van der Waals surface area contributed by atoms with E-state index in [0.717, 1.165) is 0 Å². The van der Waals surface area contributed by atoms with Gasteiger partial charge in [-0.3, -0.25) is 0 Å². The number of hydrogen-bond donors (Lipinski definition) is 0. The zero-order valence-electron chi connectivity index (χ0n) is 12.4. The predicted octanol–water partition coefficient (Wildman–Crippen LogP) is 5.35. The molecule has 0 nitrogen and oxygen atoms in total. The van der Waals surface area contributed by atoms with Gasteiger partial charge in [0.05, 0.1) is 0 Å². The van der Waals surface area contributed by atoms with E-state index in [-0.39, 0.29) is 7.92 Å². The summed E-state index contributed by atoms with van der Waals surface area (Å²) < 4.78 is 0. The maximum Gasteiger partial charge on any atom is -0.0211 e. The summed E-state index contributed by atoms with van der Waals surface area (Å²) in [7, 11) is 0.0704. The highest BCUT2D eigenvalue weighted by Crippen LogP contribution is 2.32. The normalized spacial score (nSPS) is 12.6. The van der Waals surface area contributed by atoms with Crippen molar-refractivity contribution in [2.45, 2.75) is 58.8 Å². The van der Waals surface area contributed by atoms with Crippen LogP contribution in [0.2, 0.25) is 0 Å². The van der Waals surface area contributed by atoms with Crippen LogP contribution in [0.25, 0.3) is 0 Å². The Morgan fingerprint density at radius 3 is 2.33 bits per heavy atom. The summed E-state index contributed by atoms with van der Waals surface area (Å²) in [5.74, 6) is 0. The second-order valence-corrected chi connectivity index (χ2v) is 7.54. The molecule has 0 aliphatic heterocycles. The maximum atomic E-state index is 2.46. The Kier molecular flexibility index (Phi) is 8.34. The van der Waals surface area contributed by atoms with Crippen molar-refractivity contribution in [2.75, 3.05) is 12.8 Å². The molecular formula is C17H29P. The summed E-state index contributed by atoms with van der Waals surface area (Å²) in [5, 5.41) is 1.66.